The fraction of sp³-hybridized carbons (Fsp3) is 0.571. The Balaban J connectivity index is 1.43. The molecule has 2 N–H and O–H groups in total. The van der Waals surface area contributed by atoms with E-state index in [2.05, 4.69) is 16.4 Å². The largest absolute Gasteiger partial charge is 0.373 e. The molecule has 1 aliphatic heterocycles. The van der Waals surface area contributed by atoms with E-state index in [1.54, 1.807) is 6.07 Å². The minimum Gasteiger partial charge on any atom is -0.373 e. The van der Waals surface area contributed by atoms with E-state index in [1.807, 2.05) is 19.9 Å². The Bertz CT molecular complexity index is 1000. The number of carbonyl (C=O) groups excluding carboxylic acids is 1. The molecule has 1 aromatic carbocycles. The maximum atomic E-state index is 12.8. The second-order valence-electron chi connectivity index (χ2n) is 8.16. The van der Waals surface area contributed by atoms with Crippen LogP contribution >= 0.6 is 0 Å². The van der Waals surface area contributed by atoms with Gasteiger partial charge >= 0.3 is 0 Å². The molecular weight excluding hydrogens is 390 g/mol. The van der Waals surface area contributed by atoms with Crippen molar-refractivity contribution in [1.29, 1.82) is 0 Å². The number of amides is 1. The summed E-state index contributed by atoms with van der Waals surface area (Å²) in [7, 11) is -3.44. The van der Waals surface area contributed by atoms with E-state index in [0.29, 0.717) is 18.7 Å². The van der Waals surface area contributed by atoms with Gasteiger partial charge in [0.2, 0.25) is 10.0 Å². The number of aromatic nitrogens is 1. The lowest BCUT2D eigenvalue weighted by Gasteiger charge is -2.34. The van der Waals surface area contributed by atoms with Crippen LogP contribution in [0.5, 0.6) is 0 Å². The fourth-order valence-electron chi connectivity index (χ4n) is 4.49. The van der Waals surface area contributed by atoms with Gasteiger partial charge in [-0.25, -0.2) is 8.42 Å². The molecule has 2 atom stereocenters. The number of ether oxygens (including phenoxy) is 1. The van der Waals surface area contributed by atoms with Crippen LogP contribution in [0.1, 0.15) is 48.3 Å². The van der Waals surface area contributed by atoms with Crippen LogP contribution in [0.4, 0.5) is 0 Å². The number of hydrogen-bond acceptors (Lipinski definition) is 4. The summed E-state index contributed by atoms with van der Waals surface area (Å²) in [6.45, 7) is 4.53. The highest BCUT2D eigenvalue weighted by Crippen LogP contribution is 2.30. The van der Waals surface area contributed by atoms with E-state index in [9.17, 15) is 13.2 Å². The molecule has 158 valence electrons. The average molecular weight is 420 g/mol. The fourth-order valence-corrected chi connectivity index (χ4v) is 5.99. The van der Waals surface area contributed by atoms with Gasteiger partial charge in [-0.3, -0.25) is 4.79 Å². The van der Waals surface area contributed by atoms with Gasteiger partial charge in [0.25, 0.3) is 5.91 Å². The van der Waals surface area contributed by atoms with Crippen LogP contribution in [0.3, 0.4) is 0 Å². The van der Waals surface area contributed by atoms with Crippen LogP contribution in [0.15, 0.2) is 18.2 Å². The van der Waals surface area contributed by atoms with Crippen molar-refractivity contribution in [2.75, 3.05) is 25.4 Å². The van der Waals surface area contributed by atoms with Crippen molar-refractivity contribution in [3.63, 3.8) is 0 Å². The summed E-state index contributed by atoms with van der Waals surface area (Å²) in [4.78, 5) is 16.2. The van der Waals surface area contributed by atoms with E-state index in [4.69, 9.17) is 4.74 Å². The molecule has 7 nitrogen and oxygen atoms in total. The first-order valence-corrected chi connectivity index (χ1v) is 12.0. The zero-order valence-electron chi connectivity index (χ0n) is 17.0. The summed E-state index contributed by atoms with van der Waals surface area (Å²) in [6, 6.07) is 5.74. The van der Waals surface area contributed by atoms with E-state index >= 15 is 0 Å². The molecule has 4 rings (SSSR count). The van der Waals surface area contributed by atoms with Crippen molar-refractivity contribution in [2.24, 2.45) is 0 Å². The van der Waals surface area contributed by atoms with Gasteiger partial charge in [-0.1, -0.05) is 12.1 Å². The number of H-pyrrole nitrogens is 1. The number of nitrogens with zero attached hydrogens (tertiary/aromatic N) is 1. The average Bonchev–Trinajstić information content (AvgIpc) is 3.05. The molecule has 29 heavy (non-hydrogen) atoms. The van der Waals surface area contributed by atoms with Crippen LogP contribution < -0.4 is 5.32 Å². The Labute approximate surface area is 171 Å². The smallest absolute Gasteiger partial charge is 0.253 e. The van der Waals surface area contributed by atoms with Crippen LogP contribution in [0.25, 0.3) is 10.9 Å². The number of morpholine rings is 1. The molecule has 0 radical (unpaired) electrons. The summed E-state index contributed by atoms with van der Waals surface area (Å²) in [6.07, 6.45) is 4.14. The summed E-state index contributed by atoms with van der Waals surface area (Å²) in [5.74, 6) is -0.358. The number of benzene rings is 1. The van der Waals surface area contributed by atoms with Crippen LogP contribution in [-0.4, -0.2) is 61.2 Å². The third kappa shape index (κ3) is 4.20. The van der Waals surface area contributed by atoms with Crippen molar-refractivity contribution < 1.29 is 17.9 Å². The Hall–Kier alpha value is -1.90. The molecule has 1 aliphatic carbocycles. The van der Waals surface area contributed by atoms with Gasteiger partial charge in [0.15, 0.2) is 0 Å². The lowest BCUT2D eigenvalue weighted by molar-refractivity contribution is -0.0440. The van der Waals surface area contributed by atoms with Gasteiger partial charge in [0.05, 0.1) is 29.0 Å². The van der Waals surface area contributed by atoms with Gasteiger partial charge in [0.1, 0.15) is 0 Å². The second-order valence-corrected chi connectivity index (χ2v) is 10.3. The Kier molecular flexibility index (Phi) is 5.68. The first kappa shape index (κ1) is 20.4. The SMILES string of the molecule is CC1CN(S(=O)(=O)CCNC(=O)c2cccc3c4c([nH]c23)CCCC4)CC(C)O1. The van der Waals surface area contributed by atoms with Gasteiger partial charge in [-0.15, -0.1) is 0 Å². The van der Waals surface area contributed by atoms with E-state index in [0.717, 1.165) is 30.2 Å². The summed E-state index contributed by atoms with van der Waals surface area (Å²) in [5, 5.41) is 3.90. The number of fused-ring (bicyclic) bond motifs is 3. The molecular formula is C21H29N3O4S. The number of sulfonamides is 1. The summed E-state index contributed by atoms with van der Waals surface area (Å²) < 4.78 is 32.4. The molecule has 2 heterocycles. The number of rotatable bonds is 5. The van der Waals surface area contributed by atoms with Crippen molar-refractivity contribution >= 4 is 26.8 Å². The maximum Gasteiger partial charge on any atom is 0.253 e. The highest BCUT2D eigenvalue weighted by Gasteiger charge is 2.30. The first-order valence-electron chi connectivity index (χ1n) is 10.4. The molecule has 2 unspecified atom stereocenters. The number of para-hydroxylation sites is 1. The molecule has 8 heteroatoms. The van der Waals surface area contributed by atoms with Crippen molar-refractivity contribution in [1.82, 2.24) is 14.6 Å². The monoisotopic (exact) mass is 419 g/mol. The van der Waals surface area contributed by atoms with Crippen LogP contribution in [0, 0.1) is 0 Å². The first-order chi connectivity index (χ1) is 13.8. The van der Waals surface area contributed by atoms with Crippen molar-refractivity contribution in [2.45, 2.75) is 51.7 Å². The Morgan fingerprint density at radius 3 is 2.69 bits per heavy atom. The van der Waals surface area contributed by atoms with E-state index < -0.39 is 10.0 Å². The van der Waals surface area contributed by atoms with Crippen LogP contribution in [0.2, 0.25) is 0 Å². The van der Waals surface area contributed by atoms with Gasteiger partial charge in [0, 0.05) is 30.7 Å². The predicted octanol–water partition coefficient (Wildman–Crippen LogP) is 2.22. The highest BCUT2D eigenvalue weighted by atomic mass is 32.2. The minimum absolute atomic E-state index is 0.0814. The van der Waals surface area contributed by atoms with E-state index in [-0.39, 0.29) is 30.4 Å². The molecule has 1 aromatic heterocycles. The zero-order chi connectivity index (χ0) is 20.6. The maximum absolute atomic E-state index is 12.8. The predicted molar refractivity (Wildman–Crippen MR) is 113 cm³/mol. The number of aromatic amines is 1. The lowest BCUT2D eigenvalue weighted by atomic mass is 9.95. The molecule has 1 saturated heterocycles. The quantitative estimate of drug-likeness (QED) is 0.777. The number of nitrogens with one attached hydrogen (secondary N) is 2. The van der Waals surface area contributed by atoms with E-state index in [1.165, 1.54) is 22.0 Å². The Morgan fingerprint density at radius 1 is 1.21 bits per heavy atom. The third-order valence-electron chi connectivity index (χ3n) is 5.80. The molecule has 0 bridgehead atoms. The van der Waals surface area contributed by atoms with Crippen LogP contribution in [-0.2, 0) is 27.6 Å². The van der Waals surface area contributed by atoms with Gasteiger partial charge < -0.3 is 15.0 Å². The van der Waals surface area contributed by atoms with Gasteiger partial charge in [-0.2, -0.15) is 4.31 Å². The number of aryl methyl sites for hydroxylation is 2. The molecule has 2 aliphatic rings. The number of hydrogen-bond donors (Lipinski definition) is 2. The van der Waals surface area contributed by atoms with Gasteiger partial charge in [-0.05, 0) is 51.2 Å². The standard InChI is InChI=1S/C21H29N3O4S/c1-14-12-24(13-15(2)28-14)29(26,27)11-10-22-21(25)18-8-5-7-17-16-6-3-4-9-19(16)23-20(17)18/h5,7-8,14-15,23H,3-4,6,9-13H2,1-2H3,(H,22,25). The molecule has 0 saturated carbocycles. The summed E-state index contributed by atoms with van der Waals surface area (Å²) >= 11 is 0. The zero-order valence-corrected chi connectivity index (χ0v) is 17.8. The topological polar surface area (TPSA) is 91.5 Å². The Morgan fingerprint density at radius 2 is 1.93 bits per heavy atom. The number of carbonyl (C=O) groups is 1. The molecule has 2 aromatic rings. The van der Waals surface area contributed by atoms with Crippen molar-refractivity contribution in [3.8, 4) is 0 Å². The minimum atomic E-state index is -3.44. The lowest BCUT2D eigenvalue weighted by Crippen LogP contribution is -2.49. The highest BCUT2D eigenvalue weighted by molar-refractivity contribution is 7.89. The summed E-state index contributed by atoms with van der Waals surface area (Å²) in [5.41, 5.74) is 3.97. The normalized spacial score (nSPS) is 23.1. The second kappa shape index (κ2) is 8.08. The van der Waals surface area contributed by atoms with Crippen molar-refractivity contribution in [3.05, 3.63) is 35.0 Å². The third-order valence-corrected chi connectivity index (χ3v) is 7.61. The molecule has 1 amide bonds. The molecule has 1 fully saturated rings. The molecule has 0 spiro atoms.